The smallest absolute Gasteiger partial charge is 0.224 e. The lowest BCUT2D eigenvalue weighted by molar-refractivity contribution is -0.122. The van der Waals surface area contributed by atoms with Gasteiger partial charge >= 0.3 is 0 Å². The van der Waals surface area contributed by atoms with Gasteiger partial charge in [-0.3, -0.25) is 13.8 Å². The summed E-state index contributed by atoms with van der Waals surface area (Å²) in [6.45, 7) is 4.75. The van der Waals surface area contributed by atoms with E-state index in [9.17, 15) is 18.2 Å². The Balaban J connectivity index is 1.33. The molecule has 0 aliphatic heterocycles. The Kier molecular flexibility index (Phi) is 17.8. The number of benzene rings is 2. The molecule has 5 nitrogen and oxygen atoms in total. The molecule has 0 saturated carbocycles. The van der Waals surface area contributed by atoms with Crippen molar-refractivity contribution in [2.45, 2.75) is 76.5 Å². The molecule has 0 aromatic heterocycles. The SMILES string of the molecule is CC/C=C\C/C=C\C/C=C\C/C=C\C/C=C\CCCC(=O)NCCNC(=O)CC1=C(C)/C(=C/c2ccc(S(C)=O)cc2)c2ccc(F)cc21. The van der Waals surface area contributed by atoms with E-state index in [4.69, 9.17) is 0 Å². The Labute approximate surface area is 295 Å². The lowest BCUT2D eigenvalue weighted by Gasteiger charge is -2.09. The molecule has 7 heteroatoms. The third-order valence-electron chi connectivity index (χ3n) is 8.02. The molecule has 0 bridgehead atoms. The molecule has 2 aromatic rings. The second-order valence-corrected chi connectivity index (χ2v) is 13.2. The van der Waals surface area contributed by atoms with Crippen LogP contribution in [-0.4, -0.2) is 35.4 Å². The van der Waals surface area contributed by atoms with E-state index in [1.165, 1.54) is 12.1 Å². The van der Waals surface area contributed by atoms with Crippen molar-refractivity contribution < 1.29 is 18.2 Å². The van der Waals surface area contributed by atoms with Crippen molar-refractivity contribution in [3.8, 4) is 0 Å². The molecule has 1 unspecified atom stereocenters. The standard InChI is InChI=1S/C42H51FN2O3S/c1-4-5-6-7-8-9-10-11-12-13-14-15-16-17-18-19-20-21-41(46)44-28-29-45-42(47)32-39-33(2)38(37-27-24-35(43)31-40(37)39)30-34-22-25-36(26-23-34)49(3)48/h5-6,8-9,11-12,14-15,17-18,22-27,30-31H,4,7,10,13,16,19-21,28-29,32H2,1-3H3,(H,44,46)(H,45,47)/b6-5-,9-8-,12-11-,15-14-,18-17-,38-30-. The number of allylic oxidation sites excluding steroid dienone is 12. The molecule has 0 spiro atoms. The molecule has 0 saturated heterocycles. The third kappa shape index (κ3) is 14.3. The number of rotatable bonds is 20. The van der Waals surface area contributed by atoms with Gasteiger partial charge in [0.2, 0.25) is 11.8 Å². The minimum atomic E-state index is -1.06. The van der Waals surface area contributed by atoms with Crippen molar-refractivity contribution in [1.29, 1.82) is 0 Å². The first kappa shape index (κ1) is 39.1. The Morgan fingerprint density at radius 3 is 1.92 bits per heavy atom. The predicted molar refractivity (Wildman–Crippen MR) is 205 cm³/mol. The summed E-state index contributed by atoms with van der Waals surface area (Å²) >= 11 is 0. The van der Waals surface area contributed by atoms with E-state index in [-0.39, 0.29) is 24.1 Å². The van der Waals surface area contributed by atoms with Crippen molar-refractivity contribution >= 4 is 39.8 Å². The van der Waals surface area contributed by atoms with Gasteiger partial charge in [0.25, 0.3) is 0 Å². The van der Waals surface area contributed by atoms with E-state index in [1.54, 1.807) is 12.3 Å². The molecule has 3 rings (SSSR count). The fourth-order valence-corrected chi connectivity index (χ4v) is 5.89. The average Bonchev–Trinajstić information content (AvgIpc) is 3.33. The van der Waals surface area contributed by atoms with E-state index in [1.807, 2.05) is 37.3 Å². The zero-order chi connectivity index (χ0) is 35.3. The van der Waals surface area contributed by atoms with Gasteiger partial charge in [-0.2, -0.15) is 0 Å². The normalized spacial score (nSPS) is 14.7. The van der Waals surface area contributed by atoms with Crippen LogP contribution in [0.1, 0.15) is 88.3 Å². The van der Waals surface area contributed by atoms with Crippen molar-refractivity contribution in [3.05, 3.63) is 131 Å². The van der Waals surface area contributed by atoms with Gasteiger partial charge in [0.05, 0.1) is 6.42 Å². The molecule has 0 radical (unpaired) electrons. The molecule has 2 aromatic carbocycles. The van der Waals surface area contributed by atoms with Crippen molar-refractivity contribution in [2.24, 2.45) is 0 Å². The van der Waals surface area contributed by atoms with Crippen molar-refractivity contribution in [2.75, 3.05) is 19.3 Å². The summed E-state index contributed by atoms with van der Waals surface area (Å²) in [6.07, 6.45) is 32.4. The molecule has 1 aliphatic carbocycles. The fraction of sp³-hybridized carbons (Fsp3) is 0.333. The zero-order valence-electron chi connectivity index (χ0n) is 29.2. The van der Waals surface area contributed by atoms with Crippen LogP contribution in [0.3, 0.4) is 0 Å². The van der Waals surface area contributed by atoms with Crippen LogP contribution in [0.2, 0.25) is 0 Å². The van der Waals surface area contributed by atoms with Gasteiger partial charge in [0.1, 0.15) is 5.82 Å². The van der Waals surface area contributed by atoms with E-state index >= 15 is 0 Å². The summed E-state index contributed by atoms with van der Waals surface area (Å²) in [6, 6.07) is 12.1. The topological polar surface area (TPSA) is 75.3 Å². The van der Waals surface area contributed by atoms with Crippen LogP contribution >= 0.6 is 0 Å². The van der Waals surface area contributed by atoms with Gasteiger partial charge in [-0.15, -0.1) is 0 Å². The summed E-state index contributed by atoms with van der Waals surface area (Å²) in [5.41, 5.74) is 5.15. The molecular formula is C42H51FN2O3S. The lowest BCUT2D eigenvalue weighted by Crippen LogP contribution is -2.34. The Morgan fingerprint density at radius 1 is 0.755 bits per heavy atom. The zero-order valence-corrected chi connectivity index (χ0v) is 30.0. The molecule has 1 aliphatic rings. The maximum atomic E-state index is 14.3. The maximum absolute atomic E-state index is 14.3. The van der Waals surface area contributed by atoms with Crippen LogP contribution in [0, 0.1) is 5.82 Å². The maximum Gasteiger partial charge on any atom is 0.224 e. The Hall–Kier alpha value is -4.36. The number of unbranched alkanes of at least 4 members (excludes halogenated alkanes) is 1. The quantitative estimate of drug-likeness (QED) is 0.108. The van der Waals surface area contributed by atoms with Crippen LogP contribution in [0.15, 0.2) is 114 Å². The number of fused-ring (bicyclic) bond motifs is 1. The highest BCUT2D eigenvalue weighted by Crippen LogP contribution is 2.43. The molecular weight excluding hydrogens is 632 g/mol. The van der Waals surface area contributed by atoms with Crippen molar-refractivity contribution in [3.63, 3.8) is 0 Å². The first-order valence-electron chi connectivity index (χ1n) is 17.2. The summed E-state index contributed by atoms with van der Waals surface area (Å²) in [5.74, 6) is -0.578. The lowest BCUT2D eigenvalue weighted by atomic mass is 10.0. The number of carbonyl (C=O) groups excluding carboxylic acids is 2. The number of carbonyl (C=O) groups is 2. The summed E-state index contributed by atoms with van der Waals surface area (Å²) in [7, 11) is -1.06. The van der Waals surface area contributed by atoms with Crippen LogP contribution in [-0.2, 0) is 20.4 Å². The van der Waals surface area contributed by atoms with Gasteiger partial charge in [0, 0.05) is 41.5 Å². The van der Waals surface area contributed by atoms with E-state index < -0.39 is 10.8 Å². The minimum Gasteiger partial charge on any atom is -0.354 e. The molecule has 2 amide bonds. The predicted octanol–water partition coefficient (Wildman–Crippen LogP) is 9.43. The number of hydrogen-bond acceptors (Lipinski definition) is 3. The summed E-state index contributed by atoms with van der Waals surface area (Å²) in [4.78, 5) is 25.9. The summed E-state index contributed by atoms with van der Waals surface area (Å²) < 4.78 is 26.0. The highest BCUT2D eigenvalue weighted by Gasteiger charge is 2.25. The van der Waals surface area contributed by atoms with E-state index in [0.29, 0.717) is 25.1 Å². The molecule has 2 N–H and O–H groups in total. The number of nitrogens with one attached hydrogen (secondary N) is 2. The minimum absolute atomic E-state index is 0.0339. The fourth-order valence-electron chi connectivity index (χ4n) is 5.37. The first-order chi connectivity index (χ1) is 23.8. The second kappa shape index (κ2) is 22.3. The Bertz CT molecular complexity index is 1630. The summed E-state index contributed by atoms with van der Waals surface area (Å²) in [5, 5.41) is 5.75. The van der Waals surface area contributed by atoms with Crippen molar-refractivity contribution in [1.82, 2.24) is 10.6 Å². The van der Waals surface area contributed by atoms with Crippen LogP contribution in [0.5, 0.6) is 0 Å². The highest BCUT2D eigenvalue weighted by molar-refractivity contribution is 7.84. The van der Waals surface area contributed by atoms with E-state index in [2.05, 4.69) is 78.3 Å². The van der Waals surface area contributed by atoms with Gasteiger partial charge in [-0.1, -0.05) is 85.9 Å². The Morgan fingerprint density at radius 2 is 1.33 bits per heavy atom. The van der Waals surface area contributed by atoms with Crippen LogP contribution in [0.4, 0.5) is 4.39 Å². The third-order valence-corrected chi connectivity index (χ3v) is 8.95. The molecule has 0 heterocycles. The van der Waals surface area contributed by atoms with Gasteiger partial charge in [-0.25, -0.2) is 4.39 Å². The number of hydrogen-bond donors (Lipinski definition) is 2. The highest BCUT2D eigenvalue weighted by atomic mass is 32.2. The van der Waals surface area contributed by atoms with Gasteiger partial charge < -0.3 is 10.6 Å². The van der Waals surface area contributed by atoms with Gasteiger partial charge in [0.15, 0.2) is 0 Å². The molecule has 260 valence electrons. The number of amides is 2. The molecule has 1 atom stereocenters. The first-order valence-corrected chi connectivity index (χ1v) is 18.8. The van der Waals surface area contributed by atoms with Crippen LogP contribution in [0.25, 0.3) is 17.2 Å². The monoisotopic (exact) mass is 682 g/mol. The van der Waals surface area contributed by atoms with E-state index in [0.717, 1.165) is 77.7 Å². The molecule has 49 heavy (non-hydrogen) atoms. The average molecular weight is 683 g/mol. The van der Waals surface area contributed by atoms with Crippen LogP contribution < -0.4 is 10.6 Å². The largest absolute Gasteiger partial charge is 0.354 e. The number of halogens is 1. The molecule has 0 fully saturated rings. The second-order valence-electron chi connectivity index (χ2n) is 11.9. The van der Waals surface area contributed by atoms with Gasteiger partial charge in [-0.05, 0) is 116 Å².